The number of amides is 3. The number of fused-ring (bicyclic) bond motifs is 1. The van der Waals surface area contributed by atoms with E-state index in [9.17, 15) is 9.59 Å². The van der Waals surface area contributed by atoms with Crippen molar-refractivity contribution >= 4 is 39.2 Å². The highest BCUT2D eigenvalue weighted by Crippen LogP contribution is 2.29. The summed E-state index contributed by atoms with van der Waals surface area (Å²) >= 11 is 3.38. The van der Waals surface area contributed by atoms with Crippen LogP contribution >= 0.6 is 15.9 Å². The number of nitrogens with one attached hydrogen (secondary N) is 2. The van der Waals surface area contributed by atoms with Crippen LogP contribution in [0.15, 0.2) is 46.9 Å². The second-order valence-corrected chi connectivity index (χ2v) is 6.85. The van der Waals surface area contributed by atoms with Crippen molar-refractivity contribution in [2.45, 2.75) is 26.3 Å². The minimum atomic E-state index is -0.249. The van der Waals surface area contributed by atoms with E-state index in [0.717, 1.165) is 39.9 Å². The van der Waals surface area contributed by atoms with Crippen molar-refractivity contribution < 1.29 is 9.59 Å². The molecule has 5 nitrogen and oxygen atoms in total. The molecule has 0 aliphatic carbocycles. The highest BCUT2D eigenvalue weighted by atomic mass is 79.9. The van der Waals surface area contributed by atoms with Crippen LogP contribution in [0, 0.1) is 0 Å². The Morgan fingerprint density at radius 2 is 2.04 bits per heavy atom. The van der Waals surface area contributed by atoms with Gasteiger partial charge in [0.05, 0.1) is 0 Å². The van der Waals surface area contributed by atoms with E-state index in [0.29, 0.717) is 13.0 Å². The van der Waals surface area contributed by atoms with Gasteiger partial charge in [-0.05, 0) is 41.8 Å². The van der Waals surface area contributed by atoms with E-state index in [4.69, 9.17) is 0 Å². The molecule has 6 heteroatoms. The minimum absolute atomic E-state index is 0.151. The molecule has 0 fully saturated rings. The first-order chi connectivity index (χ1) is 12.1. The Labute approximate surface area is 155 Å². The van der Waals surface area contributed by atoms with Gasteiger partial charge in [0.15, 0.2) is 0 Å². The Morgan fingerprint density at radius 3 is 2.80 bits per heavy atom. The van der Waals surface area contributed by atoms with Gasteiger partial charge in [-0.3, -0.25) is 4.79 Å². The van der Waals surface area contributed by atoms with Crippen LogP contribution in [-0.4, -0.2) is 18.5 Å². The average Bonchev–Trinajstić information content (AvgIpc) is 3.02. The van der Waals surface area contributed by atoms with E-state index in [2.05, 4.69) is 32.6 Å². The molecule has 0 radical (unpaired) electrons. The highest BCUT2D eigenvalue weighted by Gasteiger charge is 2.23. The molecule has 130 valence electrons. The van der Waals surface area contributed by atoms with E-state index in [1.165, 1.54) is 0 Å². The molecule has 1 heterocycles. The molecule has 25 heavy (non-hydrogen) atoms. The molecule has 1 aliphatic rings. The second kappa shape index (κ2) is 7.70. The second-order valence-electron chi connectivity index (χ2n) is 5.93. The van der Waals surface area contributed by atoms with Crippen LogP contribution in [0.4, 0.5) is 16.2 Å². The molecule has 2 aromatic carbocycles. The number of urea groups is 1. The molecular formula is C19H20BrN3O2. The lowest BCUT2D eigenvalue weighted by Crippen LogP contribution is -2.28. The van der Waals surface area contributed by atoms with Crippen molar-refractivity contribution in [2.75, 3.05) is 16.8 Å². The van der Waals surface area contributed by atoms with Crippen LogP contribution in [0.2, 0.25) is 0 Å². The third kappa shape index (κ3) is 4.20. The molecule has 3 amide bonds. The molecule has 0 saturated heterocycles. The van der Waals surface area contributed by atoms with Gasteiger partial charge in [-0.2, -0.15) is 0 Å². The van der Waals surface area contributed by atoms with Gasteiger partial charge in [0.25, 0.3) is 0 Å². The number of halogens is 1. The summed E-state index contributed by atoms with van der Waals surface area (Å²) in [5.41, 5.74) is 3.91. The Balaban J connectivity index is 1.59. The summed E-state index contributed by atoms with van der Waals surface area (Å²) in [6.45, 7) is 3.06. The lowest BCUT2D eigenvalue weighted by molar-refractivity contribution is -0.118. The number of carbonyl (C=O) groups excluding carboxylic acids is 2. The number of benzene rings is 2. The topological polar surface area (TPSA) is 61.4 Å². The molecule has 0 spiro atoms. The molecule has 2 N–H and O–H groups in total. The van der Waals surface area contributed by atoms with Crippen molar-refractivity contribution in [3.8, 4) is 0 Å². The van der Waals surface area contributed by atoms with Crippen LogP contribution < -0.4 is 15.5 Å². The van der Waals surface area contributed by atoms with Gasteiger partial charge in [-0.1, -0.05) is 41.1 Å². The molecule has 0 aromatic heterocycles. The first kappa shape index (κ1) is 17.5. The maximum atomic E-state index is 12.0. The first-order valence-electron chi connectivity index (χ1n) is 8.29. The Bertz CT molecular complexity index is 807. The summed E-state index contributed by atoms with van der Waals surface area (Å²) in [6, 6.07) is 13.2. The smallest absolute Gasteiger partial charge is 0.319 e. The zero-order valence-corrected chi connectivity index (χ0v) is 15.6. The minimum Gasteiger partial charge on any atom is -0.334 e. The van der Waals surface area contributed by atoms with E-state index in [-0.39, 0.29) is 11.9 Å². The fraction of sp³-hybridized carbons (Fsp3) is 0.263. The Hall–Kier alpha value is -2.34. The highest BCUT2D eigenvalue weighted by molar-refractivity contribution is 9.10. The number of rotatable bonds is 4. The van der Waals surface area contributed by atoms with Gasteiger partial charge in [-0.15, -0.1) is 0 Å². The van der Waals surface area contributed by atoms with Crippen LogP contribution in [0.3, 0.4) is 0 Å². The predicted octanol–water partition coefficient (Wildman–Crippen LogP) is 4.07. The quantitative estimate of drug-likeness (QED) is 0.810. The van der Waals surface area contributed by atoms with Gasteiger partial charge in [0.1, 0.15) is 0 Å². The number of hydrogen-bond donors (Lipinski definition) is 2. The molecular weight excluding hydrogens is 382 g/mol. The first-order valence-corrected chi connectivity index (χ1v) is 9.08. The summed E-state index contributed by atoms with van der Waals surface area (Å²) < 4.78 is 0.912. The molecule has 0 atom stereocenters. The van der Waals surface area contributed by atoms with Crippen molar-refractivity contribution in [3.63, 3.8) is 0 Å². The van der Waals surface area contributed by atoms with Gasteiger partial charge in [-0.25, -0.2) is 4.79 Å². The third-order valence-corrected chi connectivity index (χ3v) is 4.67. The van der Waals surface area contributed by atoms with Crippen LogP contribution in [-0.2, 0) is 17.8 Å². The molecule has 1 aliphatic heterocycles. The summed E-state index contributed by atoms with van der Waals surface area (Å²) in [7, 11) is 0. The Morgan fingerprint density at radius 1 is 1.20 bits per heavy atom. The number of carbonyl (C=O) groups is 2. The fourth-order valence-electron chi connectivity index (χ4n) is 2.94. The van der Waals surface area contributed by atoms with E-state index in [1.54, 1.807) is 0 Å². The third-order valence-electron chi connectivity index (χ3n) is 4.18. The number of hydrogen-bond acceptors (Lipinski definition) is 2. The fourth-order valence-corrected chi connectivity index (χ4v) is 3.34. The Kier molecular flexibility index (Phi) is 5.38. The normalized spacial score (nSPS) is 12.6. The zero-order valence-electron chi connectivity index (χ0n) is 14.0. The summed E-state index contributed by atoms with van der Waals surface area (Å²) in [5.74, 6) is 0.151. The molecule has 0 unspecified atom stereocenters. The van der Waals surface area contributed by atoms with Crippen LogP contribution in [0.1, 0.15) is 24.5 Å². The van der Waals surface area contributed by atoms with Gasteiger partial charge < -0.3 is 15.5 Å². The van der Waals surface area contributed by atoms with E-state index >= 15 is 0 Å². The van der Waals surface area contributed by atoms with Crippen molar-refractivity contribution in [1.29, 1.82) is 0 Å². The van der Waals surface area contributed by atoms with Crippen LogP contribution in [0.25, 0.3) is 0 Å². The zero-order chi connectivity index (χ0) is 17.8. The number of anilines is 2. The maximum absolute atomic E-state index is 12.0. The average molecular weight is 402 g/mol. The molecule has 0 saturated carbocycles. The summed E-state index contributed by atoms with van der Waals surface area (Å²) in [6.07, 6.45) is 1.37. The van der Waals surface area contributed by atoms with Gasteiger partial charge >= 0.3 is 6.03 Å². The maximum Gasteiger partial charge on any atom is 0.319 e. The van der Waals surface area contributed by atoms with Gasteiger partial charge in [0, 0.05) is 35.4 Å². The predicted molar refractivity (Wildman–Crippen MR) is 103 cm³/mol. The SMILES string of the molecule is CCC(=O)N1CCc2cc(CNC(=O)Nc3cccc(Br)c3)ccc21. The van der Waals surface area contributed by atoms with Crippen LogP contribution in [0.5, 0.6) is 0 Å². The van der Waals surface area contributed by atoms with Crippen molar-refractivity contribution in [3.05, 3.63) is 58.1 Å². The van der Waals surface area contributed by atoms with Crippen molar-refractivity contribution in [1.82, 2.24) is 5.32 Å². The van der Waals surface area contributed by atoms with Gasteiger partial charge in [0.2, 0.25) is 5.91 Å². The summed E-state index contributed by atoms with van der Waals surface area (Å²) in [5, 5.41) is 5.66. The van der Waals surface area contributed by atoms with E-state index in [1.807, 2.05) is 48.2 Å². The van der Waals surface area contributed by atoms with Crippen molar-refractivity contribution in [2.24, 2.45) is 0 Å². The molecule has 3 rings (SSSR count). The largest absolute Gasteiger partial charge is 0.334 e. The number of nitrogens with zero attached hydrogens (tertiary/aromatic N) is 1. The molecule has 2 aromatic rings. The standard InChI is InChI=1S/C19H20BrN3O2/c1-2-18(24)23-9-8-14-10-13(6-7-17(14)23)12-21-19(25)22-16-5-3-4-15(20)11-16/h3-7,10-11H,2,8-9,12H2,1H3,(H2,21,22,25). The molecule has 0 bridgehead atoms. The monoisotopic (exact) mass is 401 g/mol. The summed E-state index contributed by atoms with van der Waals surface area (Å²) in [4.78, 5) is 25.8. The lowest BCUT2D eigenvalue weighted by Gasteiger charge is -2.16. The van der Waals surface area contributed by atoms with E-state index < -0.39 is 0 Å². The lowest BCUT2D eigenvalue weighted by atomic mass is 10.1.